The van der Waals surface area contributed by atoms with Gasteiger partial charge in [0.25, 0.3) is 0 Å². The quantitative estimate of drug-likeness (QED) is 0.824. The maximum absolute atomic E-state index is 12.3. The van der Waals surface area contributed by atoms with Crippen LogP contribution < -0.4 is 0 Å². The number of hydrogen-bond acceptors (Lipinski definition) is 4. The molecule has 7 heteroatoms. The predicted molar refractivity (Wildman–Crippen MR) is 91.4 cm³/mol. The van der Waals surface area contributed by atoms with Crippen molar-refractivity contribution >= 4 is 15.7 Å². The highest BCUT2D eigenvalue weighted by Gasteiger charge is 2.30. The Kier molecular flexibility index (Phi) is 4.71. The molecule has 2 heterocycles. The van der Waals surface area contributed by atoms with Gasteiger partial charge in [-0.2, -0.15) is 5.10 Å². The molecule has 0 N–H and O–H groups in total. The van der Waals surface area contributed by atoms with Crippen LogP contribution in [0, 0.1) is 5.92 Å². The van der Waals surface area contributed by atoms with E-state index in [2.05, 4.69) is 5.10 Å². The highest BCUT2D eigenvalue weighted by Crippen LogP contribution is 2.22. The van der Waals surface area contributed by atoms with Crippen molar-refractivity contribution in [2.24, 2.45) is 5.92 Å². The van der Waals surface area contributed by atoms with E-state index in [0.29, 0.717) is 19.4 Å². The van der Waals surface area contributed by atoms with Crippen molar-refractivity contribution in [3.05, 3.63) is 48.3 Å². The van der Waals surface area contributed by atoms with E-state index in [9.17, 15) is 13.2 Å². The molecule has 0 unspecified atom stereocenters. The van der Waals surface area contributed by atoms with Crippen molar-refractivity contribution in [3.8, 4) is 5.69 Å². The van der Waals surface area contributed by atoms with E-state index in [1.54, 1.807) is 22.8 Å². The van der Waals surface area contributed by atoms with Gasteiger partial charge in [-0.3, -0.25) is 4.79 Å². The van der Waals surface area contributed by atoms with Gasteiger partial charge in [-0.25, -0.2) is 13.1 Å². The molecule has 1 fully saturated rings. The molecule has 3 rings (SSSR count). The first-order chi connectivity index (χ1) is 11.4. The molecule has 1 aliphatic heterocycles. The van der Waals surface area contributed by atoms with E-state index < -0.39 is 9.84 Å². The fourth-order valence-corrected chi connectivity index (χ4v) is 4.84. The topological polar surface area (TPSA) is 72.3 Å². The molecule has 6 nitrogen and oxygen atoms in total. The van der Waals surface area contributed by atoms with Crippen molar-refractivity contribution in [3.63, 3.8) is 0 Å². The summed E-state index contributed by atoms with van der Waals surface area (Å²) in [7, 11) is -1.17. The maximum Gasteiger partial charge on any atom is 0.222 e. The third-order valence-electron chi connectivity index (χ3n) is 4.34. The third-order valence-corrected chi connectivity index (χ3v) is 6.18. The Morgan fingerprint density at radius 1 is 1.33 bits per heavy atom. The van der Waals surface area contributed by atoms with Gasteiger partial charge in [0.1, 0.15) is 0 Å². The highest BCUT2D eigenvalue weighted by atomic mass is 32.2. The van der Waals surface area contributed by atoms with Crippen LogP contribution in [0.1, 0.15) is 18.4 Å². The average molecular weight is 347 g/mol. The Morgan fingerprint density at radius 3 is 2.67 bits per heavy atom. The van der Waals surface area contributed by atoms with E-state index in [-0.39, 0.29) is 23.3 Å². The number of rotatable bonds is 5. The van der Waals surface area contributed by atoms with Gasteiger partial charge in [0.05, 0.1) is 17.2 Å². The molecule has 128 valence electrons. The van der Waals surface area contributed by atoms with Gasteiger partial charge in [-0.1, -0.05) is 12.1 Å². The lowest BCUT2D eigenvalue weighted by Gasteiger charge is -2.19. The first-order valence-electron chi connectivity index (χ1n) is 7.96. The fourth-order valence-electron chi connectivity index (χ4n) is 2.97. The van der Waals surface area contributed by atoms with Gasteiger partial charge in [-0.15, -0.1) is 0 Å². The second-order valence-electron chi connectivity index (χ2n) is 6.34. The summed E-state index contributed by atoms with van der Waals surface area (Å²) in [5, 5.41) is 4.18. The molecule has 2 aromatic rings. The van der Waals surface area contributed by atoms with Gasteiger partial charge in [0.2, 0.25) is 5.91 Å². The minimum Gasteiger partial charge on any atom is -0.341 e. The number of aromatic nitrogens is 2. The van der Waals surface area contributed by atoms with Gasteiger partial charge in [-0.05, 0) is 36.1 Å². The van der Waals surface area contributed by atoms with Gasteiger partial charge < -0.3 is 4.90 Å². The monoisotopic (exact) mass is 347 g/mol. The molecule has 24 heavy (non-hydrogen) atoms. The Bertz CT molecular complexity index is 798. The third kappa shape index (κ3) is 4.03. The number of hydrogen-bond donors (Lipinski definition) is 0. The molecule has 1 saturated heterocycles. The number of carbonyl (C=O) groups is 1. The molecular weight excluding hydrogens is 326 g/mol. The van der Waals surface area contributed by atoms with Crippen molar-refractivity contribution < 1.29 is 13.2 Å². The second kappa shape index (κ2) is 6.76. The van der Waals surface area contributed by atoms with Crippen LogP contribution in [0.2, 0.25) is 0 Å². The molecule has 1 aromatic carbocycles. The SMILES string of the molecule is CN(Cc1ccc(-n2cccn2)cc1)C(=O)C[C@H]1CCS(=O)(=O)C1. The molecule has 0 saturated carbocycles. The molecule has 1 aromatic heterocycles. The van der Waals surface area contributed by atoms with Crippen LogP contribution >= 0.6 is 0 Å². The van der Waals surface area contributed by atoms with Gasteiger partial charge in [0, 0.05) is 32.4 Å². The summed E-state index contributed by atoms with van der Waals surface area (Å²) >= 11 is 0. The Balaban J connectivity index is 1.56. The molecule has 1 amide bonds. The predicted octanol–water partition coefficient (Wildman–Crippen LogP) is 1.66. The second-order valence-corrected chi connectivity index (χ2v) is 8.57. The minimum atomic E-state index is -2.93. The summed E-state index contributed by atoms with van der Waals surface area (Å²) in [5.41, 5.74) is 2.00. The molecule has 0 aliphatic carbocycles. The van der Waals surface area contributed by atoms with E-state index in [0.717, 1.165) is 11.3 Å². The first-order valence-corrected chi connectivity index (χ1v) is 9.78. The fraction of sp³-hybridized carbons (Fsp3) is 0.412. The van der Waals surface area contributed by atoms with E-state index in [1.807, 2.05) is 36.5 Å². The lowest BCUT2D eigenvalue weighted by Crippen LogP contribution is -2.28. The van der Waals surface area contributed by atoms with Crippen LogP contribution in [0.15, 0.2) is 42.7 Å². The molecule has 1 atom stereocenters. The van der Waals surface area contributed by atoms with E-state index in [1.165, 1.54) is 0 Å². The standard InChI is InChI=1S/C17H21N3O3S/c1-19(17(21)11-15-7-10-24(22,23)13-15)12-14-3-5-16(6-4-14)20-9-2-8-18-20/h2-6,8-9,15H,7,10-13H2,1H3/t15-/m1/s1. The molecule has 0 radical (unpaired) electrons. The van der Waals surface area contributed by atoms with Crippen LogP contribution in [0.4, 0.5) is 0 Å². The largest absolute Gasteiger partial charge is 0.341 e. The summed E-state index contributed by atoms with van der Waals surface area (Å²) in [6, 6.07) is 9.74. The van der Waals surface area contributed by atoms with Crippen LogP contribution in [-0.2, 0) is 21.2 Å². The van der Waals surface area contributed by atoms with Crippen molar-refractivity contribution in [1.82, 2.24) is 14.7 Å². The Labute approximate surface area is 142 Å². The first kappa shape index (κ1) is 16.7. The number of nitrogens with zero attached hydrogens (tertiary/aromatic N) is 3. The minimum absolute atomic E-state index is 0.00625. The lowest BCUT2D eigenvalue weighted by atomic mass is 10.0. The van der Waals surface area contributed by atoms with Crippen molar-refractivity contribution in [2.45, 2.75) is 19.4 Å². The van der Waals surface area contributed by atoms with Crippen molar-refractivity contribution in [2.75, 3.05) is 18.6 Å². The van der Waals surface area contributed by atoms with Crippen LogP contribution in [0.25, 0.3) is 5.69 Å². The summed E-state index contributed by atoms with van der Waals surface area (Å²) < 4.78 is 24.7. The lowest BCUT2D eigenvalue weighted by molar-refractivity contribution is -0.131. The van der Waals surface area contributed by atoms with Gasteiger partial charge >= 0.3 is 0 Å². The number of sulfone groups is 1. The normalized spacial score (nSPS) is 19.3. The number of amides is 1. The Hall–Kier alpha value is -2.15. The molecule has 1 aliphatic rings. The van der Waals surface area contributed by atoms with Crippen LogP contribution in [-0.4, -0.2) is 47.6 Å². The molecule has 0 bridgehead atoms. The summed E-state index contributed by atoms with van der Waals surface area (Å²) in [6.07, 6.45) is 4.51. The highest BCUT2D eigenvalue weighted by molar-refractivity contribution is 7.91. The van der Waals surface area contributed by atoms with E-state index >= 15 is 0 Å². The zero-order valence-electron chi connectivity index (χ0n) is 13.6. The van der Waals surface area contributed by atoms with E-state index in [4.69, 9.17) is 0 Å². The van der Waals surface area contributed by atoms with Crippen molar-refractivity contribution in [1.29, 1.82) is 0 Å². The summed E-state index contributed by atoms with van der Waals surface area (Å²) in [6.45, 7) is 0.512. The number of carbonyl (C=O) groups excluding carboxylic acids is 1. The zero-order valence-corrected chi connectivity index (χ0v) is 14.4. The summed E-state index contributed by atoms with van der Waals surface area (Å²) in [4.78, 5) is 13.9. The molecular formula is C17H21N3O3S. The number of benzene rings is 1. The zero-order chi connectivity index (χ0) is 17.2. The summed E-state index contributed by atoms with van der Waals surface area (Å²) in [5.74, 6) is 0.315. The van der Waals surface area contributed by atoms with Crippen LogP contribution in [0.3, 0.4) is 0 Å². The van der Waals surface area contributed by atoms with Crippen LogP contribution in [0.5, 0.6) is 0 Å². The smallest absolute Gasteiger partial charge is 0.222 e. The Morgan fingerprint density at radius 2 is 2.08 bits per heavy atom. The average Bonchev–Trinajstić information content (AvgIpc) is 3.18. The maximum atomic E-state index is 12.3. The van der Waals surface area contributed by atoms with Gasteiger partial charge in [0.15, 0.2) is 9.84 Å². The molecule has 0 spiro atoms.